The van der Waals surface area contributed by atoms with Crippen LogP contribution in [0.1, 0.15) is 98.5 Å². The first-order chi connectivity index (χ1) is 21.1. The predicted molar refractivity (Wildman–Crippen MR) is 188 cm³/mol. The molecule has 0 saturated heterocycles. The van der Waals surface area contributed by atoms with Crippen LogP contribution in [0.25, 0.3) is 0 Å². The van der Waals surface area contributed by atoms with Gasteiger partial charge in [-0.15, -0.1) is 0 Å². The van der Waals surface area contributed by atoms with Crippen LogP contribution in [0.4, 0.5) is 0 Å². The molecule has 0 aliphatic rings. The van der Waals surface area contributed by atoms with Gasteiger partial charge in [0.05, 0.1) is 4.75 Å². The van der Waals surface area contributed by atoms with Crippen LogP contribution in [0, 0.1) is 18.8 Å². The lowest BCUT2D eigenvalue weighted by molar-refractivity contribution is -0.170. The summed E-state index contributed by atoms with van der Waals surface area (Å²) in [5.74, 6) is -3.39. The van der Waals surface area contributed by atoms with E-state index in [0.717, 1.165) is 4.90 Å². The van der Waals surface area contributed by atoms with E-state index >= 15 is 4.79 Å². The van der Waals surface area contributed by atoms with Crippen LogP contribution in [0.5, 0.6) is 0 Å². The summed E-state index contributed by atoms with van der Waals surface area (Å²) in [5, 5.41) is 5.76. The fourth-order valence-electron chi connectivity index (χ4n) is 4.70. The minimum Gasteiger partial charge on any atom is -0.458 e. The molecule has 0 fully saturated rings. The van der Waals surface area contributed by atoms with Crippen molar-refractivity contribution in [1.29, 1.82) is 0 Å². The monoisotopic (exact) mass is 672 g/mol. The molecule has 2 N–H and O–H groups in total. The van der Waals surface area contributed by atoms with E-state index in [1.54, 1.807) is 73.6 Å². The van der Waals surface area contributed by atoms with E-state index in [4.69, 9.17) is 9.47 Å². The van der Waals surface area contributed by atoms with Gasteiger partial charge in [-0.1, -0.05) is 85.7 Å². The van der Waals surface area contributed by atoms with Gasteiger partial charge in [0.1, 0.15) is 17.2 Å². The fourth-order valence-corrected chi connectivity index (χ4v) is 7.88. The maximum atomic E-state index is 15.0. The molecule has 2 rings (SSSR count). The van der Waals surface area contributed by atoms with Gasteiger partial charge in [-0.25, -0.2) is 9.59 Å². The highest BCUT2D eigenvalue weighted by atomic mass is 33.1. The number of aryl methyl sites for hydroxylation is 1. The maximum Gasteiger partial charge on any atom is 0.343 e. The van der Waals surface area contributed by atoms with Gasteiger partial charge in [0, 0.05) is 10.5 Å². The van der Waals surface area contributed by atoms with Crippen molar-refractivity contribution in [3.63, 3.8) is 0 Å². The topological polar surface area (TPSA) is 111 Å². The van der Waals surface area contributed by atoms with Crippen LogP contribution >= 0.6 is 21.6 Å². The van der Waals surface area contributed by atoms with Crippen molar-refractivity contribution in [3.05, 3.63) is 65.7 Å². The van der Waals surface area contributed by atoms with Crippen molar-refractivity contribution in [2.75, 3.05) is 0 Å². The molecule has 46 heavy (non-hydrogen) atoms. The second kappa shape index (κ2) is 15.7. The lowest BCUT2D eigenvalue weighted by atomic mass is 9.75. The summed E-state index contributed by atoms with van der Waals surface area (Å²) in [6, 6.07) is 15.4. The summed E-state index contributed by atoms with van der Waals surface area (Å²) < 4.78 is 10.4. The van der Waals surface area contributed by atoms with E-state index in [9.17, 15) is 14.4 Å². The third kappa shape index (κ3) is 10.3. The van der Waals surface area contributed by atoms with E-state index in [1.165, 1.54) is 21.6 Å². The highest BCUT2D eigenvalue weighted by molar-refractivity contribution is 8.77. The number of amides is 2. The number of hydrogen-bond donors (Lipinski definition) is 2. The van der Waals surface area contributed by atoms with E-state index < -0.39 is 51.3 Å². The molecule has 0 heterocycles. The molecule has 0 radical (unpaired) electrons. The average Bonchev–Trinajstić information content (AvgIpc) is 2.92. The standard InChI is InChI=1S/C36H52N2O6S2/c1-23(2)22-28(30(40)43-33(6,7)8)37-31(41)36(32(42)44-34(9,10)11,38-29(39)27-21-17-16-18-25(27)5)35(12,24(3)4)46-45-26-19-14-13-15-20-26/h13-21,23-24,28H,22H2,1-12H3,(H,37,41)(H,38,39). The zero-order valence-corrected chi connectivity index (χ0v) is 31.0. The summed E-state index contributed by atoms with van der Waals surface area (Å²) in [5.41, 5.74) is -3.14. The molecule has 2 amide bonds. The largest absolute Gasteiger partial charge is 0.458 e. The maximum absolute atomic E-state index is 15.0. The highest BCUT2D eigenvalue weighted by Crippen LogP contribution is 2.51. The number of benzene rings is 2. The number of nitrogens with one attached hydrogen (secondary N) is 2. The zero-order chi connectivity index (χ0) is 35.1. The van der Waals surface area contributed by atoms with Crippen molar-refractivity contribution < 1.29 is 28.7 Å². The second-order valence-corrected chi connectivity index (χ2v) is 17.1. The summed E-state index contributed by atoms with van der Waals surface area (Å²) >= 11 is 0. The number of carbonyl (C=O) groups excluding carboxylic acids is 4. The van der Waals surface area contributed by atoms with Crippen molar-refractivity contribution in [2.24, 2.45) is 11.8 Å². The molecule has 3 atom stereocenters. The van der Waals surface area contributed by atoms with E-state index in [2.05, 4.69) is 10.6 Å². The number of hydrogen-bond acceptors (Lipinski definition) is 8. The molecule has 3 unspecified atom stereocenters. The Bertz CT molecular complexity index is 1370. The number of ether oxygens (including phenoxy) is 2. The van der Waals surface area contributed by atoms with Gasteiger partial charge >= 0.3 is 11.9 Å². The first-order valence-electron chi connectivity index (χ1n) is 15.7. The van der Waals surface area contributed by atoms with E-state index in [0.29, 0.717) is 11.1 Å². The minimum absolute atomic E-state index is 0.00482. The summed E-state index contributed by atoms with van der Waals surface area (Å²) in [4.78, 5) is 58.3. The van der Waals surface area contributed by atoms with Gasteiger partial charge in [-0.3, -0.25) is 9.59 Å². The van der Waals surface area contributed by atoms with E-state index in [-0.39, 0.29) is 18.3 Å². The highest BCUT2D eigenvalue weighted by Gasteiger charge is 2.64. The number of esters is 2. The SMILES string of the molecule is Cc1ccccc1C(=O)NC(C(=O)NC(CC(C)C)C(=O)OC(C)(C)C)(C(=O)OC(C)(C)C)C(C)(SSc1ccccc1)C(C)C. The third-order valence-corrected chi connectivity index (χ3v) is 10.9. The minimum atomic E-state index is -2.29. The first kappa shape index (κ1) is 39.2. The normalized spacial score (nSPS) is 15.3. The molecule has 0 aromatic heterocycles. The Morgan fingerprint density at radius 1 is 0.783 bits per heavy atom. The molecule has 10 heteroatoms. The van der Waals surface area contributed by atoms with E-state index in [1.807, 2.05) is 64.1 Å². The van der Waals surface area contributed by atoms with Crippen LogP contribution in [0.15, 0.2) is 59.5 Å². The molecule has 254 valence electrons. The van der Waals surface area contributed by atoms with Crippen molar-refractivity contribution in [3.8, 4) is 0 Å². The van der Waals surface area contributed by atoms with Crippen molar-refractivity contribution >= 4 is 45.3 Å². The van der Waals surface area contributed by atoms with Crippen LogP contribution in [0.2, 0.25) is 0 Å². The Labute approximate surface area is 283 Å². The smallest absolute Gasteiger partial charge is 0.343 e. The Morgan fingerprint density at radius 2 is 1.33 bits per heavy atom. The quantitative estimate of drug-likeness (QED) is 0.128. The molecular formula is C36H52N2O6S2. The average molecular weight is 673 g/mol. The van der Waals surface area contributed by atoms with Gasteiger partial charge < -0.3 is 20.1 Å². The number of rotatable bonds is 13. The van der Waals surface area contributed by atoms with Crippen molar-refractivity contribution in [1.82, 2.24) is 10.6 Å². The summed E-state index contributed by atoms with van der Waals surface area (Å²) in [7, 11) is 2.69. The van der Waals surface area contributed by atoms with Crippen LogP contribution in [0.3, 0.4) is 0 Å². The van der Waals surface area contributed by atoms with Crippen molar-refractivity contribution in [2.45, 2.75) is 122 Å². The molecule has 0 bridgehead atoms. The van der Waals surface area contributed by atoms with Gasteiger partial charge in [0.25, 0.3) is 11.8 Å². The lowest BCUT2D eigenvalue weighted by Crippen LogP contribution is -2.76. The Morgan fingerprint density at radius 3 is 1.83 bits per heavy atom. The van der Waals surface area contributed by atoms with Gasteiger partial charge in [-0.2, -0.15) is 0 Å². The summed E-state index contributed by atoms with van der Waals surface area (Å²) in [6.45, 7) is 21.6. The van der Waals surface area contributed by atoms with Crippen LogP contribution in [-0.2, 0) is 23.9 Å². The Kier molecular flexibility index (Phi) is 13.4. The van der Waals surface area contributed by atoms with Crippen LogP contribution in [-0.4, -0.2) is 51.3 Å². The predicted octanol–water partition coefficient (Wildman–Crippen LogP) is 7.53. The molecule has 8 nitrogen and oxygen atoms in total. The van der Waals surface area contributed by atoms with Gasteiger partial charge in [-0.05, 0) is 97.4 Å². The molecule has 2 aromatic carbocycles. The molecule has 0 aliphatic carbocycles. The molecule has 0 spiro atoms. The Balaban J connectivity index is 2.88. The zero-order valence-electron chi connectivity index (χ0n) is 29.4. The molecule has 2 aromatic rings. The molecule has 0 saturated carbocycles. The second-order valence-electron chi connectivity index (χ2n) is 14.5. The van der Waals surface area contributed by atoms with Crippen LogP contribution < -0.4 is 10.6 Å². The number of carbonyl (C=O) groups is 4. The molecular weight excluding hydrogens is 621 g/mol. The molecule has 0 aliphatic heterocycles. The lowest BCUT2D eigenvalue weighted by Gasteiger charge is -2.48. The third-order valence-electron chi connectivity index (χ3n) is 7.34. The fraction of sp³-hybridized carbons (Fsp3) is 0.556. The first-order valence-corrected chi connectivity index (χ1v) is 17.8. The van der Waals surface area contributed by atoms with Gasteiger partial charge in [0.15, 0.2) is 0 Å². The Hall–Kier alpha value is -2.98. The summed E-state index contributed by atoms with van der Waals surface area (Å²) in [6.07, 6.45) is 0.251. The van der Waals surface area contributed by atoms with Gasteiger partial charge in [0.2, 0.25) is 5.54 Å².